The molecular weight excluding hydrogens is 238 g/mol. The first-order valence-electron chi connectivity index (χ1n) is 6.47. The van der Waals surface area contributed by atoms with E-state index in [9.17, 15) is 5.11 Å². The van der Waals surface area contributed by atoms with E-state index < -0.39 is 0 Å². The highest BCUT2D eigenvalue weighted by Crippen LogP contribution is 2.34. The molecule has 19 heavy (non-hydrogen) atoms. The molecule has 1 heterocycles. The summed E-state index contributed by atoms with van der Waals surface area (Å²) in [4.78, 5) is 0. The van der Waals surface area contributed by atoms with Crippen LogP contribution < -0.4 is 10.1 Å². The van der Waals surface area contributed by atoms with Crippen molar-refractivity contribution in [2.45, 2.75) is 19.5 Å². The van der Waals surface area contributed by atoms with Gasteiger partial charge >= 0.3 is 0 Å². The van der Waals surface area contributed by atoms with Crippen LogP contribution in [0.25, 0.3) is 0 Å². The molecule has 3 nitrogen and oxygen atoms in total. The summed E-state index contributed by atoms with van der Waals surface area (Å²) in [5.41, 5.74) is 3.71. The molecule has 0 radical (unpaired) electrons. The molecule has 0 amide bonds. The lowest BCUT2D eigenvalue weighted by Gasteiger charge is -2.13. The second kappa shape index (κ2) is 4.94. The van der Waals surface area contributed by atoms with Crippen molar-refractivity contribution in [1.82, 2.24) is 5.32 Å². The van der Waals surface area contributed by atoms with Crippen molar-refractivity contribution in [3.63, 3.8) is 0 Å². The summed E-state index contributed by atoms with van der Waals surface area (Å²) >= 11 is 0. The van der Waals surface area contributed by atoms with Gasteiger partial charge in [0.25, 0.3) is 0 Å². The summed E-state index contributed by atoms with van der Waals surface area (Å²) in [6.07, 6.45) is 0. The van der Waals surface area contributed by atoms with Crippen LogP contribution >= 0.6 is 0 Å². The average molecular weight is 255 g/mol. The van der Waals surface area contributed by atoms with Crippen molar-refractivity contribution >= 4 is 0 Å². The Labute approximate surface area is 112 Å². The van der Waals surface area contributed by atoms with Crippen LogP contribution in [0, 0.1) is 6.92 Å². The number of nitrogens with one attached hydrogen (secondary N) is 1. The predicted octanol–water partition coefficient (Wildman–Crippen LogP) is 2.92. The van der Waals surface area contributed by atoms with E-state index in [0.717, 1.165) is 17.9 Å². The van der Waals surface area contributed by atoms with Gasteiger partial charge in [0.1, 0.15) is 18.1 Å². The smallest absolute Gasteiger partial charge is 0.127 e. The van der Waals surface area contributed by atoms with Crippen LogP contribution in [-0.4, -0.2) is 11.7 Å². The zero-order valence-electron chi connectivity index (χ0n) is 10.9. The Morgan fingerprint density at radius 1 is 1.26 bits per heavy atom. The van der Waals surface area contributed by atoms with E-state index >= 15 is 0 Å². The first kappa shape index (κ1) is 12.1. The fourth-order valence-electron chi connectivity index (χ4n) is 2.41. The summed E-state index contributed by atoms with van der Waals surface area (Å²) in [6, 6.07) is 13.9. The van der Waals surface area contributed by atoms with Gasteiger partial charge in [0.2, 0.25) is 0 Å². The minimum Gasteiger partial charge on any atom is -0.508 e. The van der Waals surface area contributed by atoms with Gasteiger partial charge in [-0.05, 0) is 30.2 Å². The third kappa shape index (κ3) is 2.42. The topological polar surface area (TPSA) is 41.5 Å². The SMILES string of the molecule is Cc1ccccc1CNC1COc2cc(O)ccc21. The Morgan fingerprint density at radius 2 is 2.11 bits per heavy atom. The lowest BCUT2D eigenvalue weighted by molar-refractivity contribution is 0.309. The monoisotopic (exact) mass is 255 g/mol. The van der Waals surface area contributed by atoms with Gasteiger partial charge in [-0.1, -0.05) is 24.3 Å². The molecule has 0 aromatic heterocycles. The van der Waals surface area contributed by atoms with Crippen LogP contribution in [0.2, 0.25) is 0 Å². The molecule has 1 unspecified atom stereocenters. The molecule has 0 spiro atoms. The zero-order chi connectivity index (χ0) is 13.2. The van der Waals surface area contributed by atoms with Gasteiger partial charge < -0.3 is 15.2 Å². The molecule has 2 aromatic rings. The molecule has 3 heteroatoms. The first-order chi connectivity index (χ1) is 9.24. The Bertz CT molecular complexity index is 595. The number of ether oxygens (including phenoxy) is 1. The molecule has 1 atom stereocenters. The van der Waals surface area contributed by atoms with Crippen LogP contribution in [0.1, 0.15) is 22.7 Å². The molecule has 1 aliphatic rings. The maximum absolute atomic E-state index is 9.43. The predicted molar refractivity (Wildman–Crippen MR) is 74.4 cm³/mol. The number of phenols is 1. The van der Waals surface area contributed by atoms with Gasteiger partial charge in [0.05, 0.1) is 6.04 Å². The minimum absolute atomic E-state index is 0.190. The number of fused-ring (bicyclic) bond motifs is 1. The van der Waals surface area contributed by atoms with Crippen LogP contribution in [0.15, 0.2) is 42.5 Å². The van der Waals surface area contributed by atoms with Crippen molar-refractivity contribution in [1.29, 1.82) is 0 Å². The number of phenolic OH excluding ortho intramolecular Hbond substituents is 1. The third-order valence-electron chi connectivity index (χ3n) is 3.58. The molecule has 0 bridgehead atoms. The van der Waals surface area contributed by atoms with E-state index in [1.165, 1.54) is 11.1 Å². The van der Waals surface area contributed by atoms with Gasteiger partial charge in [-0.2, -0.15) is 0 Å². The highest BCUT2D eigenvalue weighted by Gasteiger charge is 2.23. The first-order valence-corrected chi connectivity index (χ1v) is 6.47. The second-order valence-corrected chi connectivity index (χ2v) is 4.89. The van der Waals surface area contributed by atoms with Crippen molar-refractivity contribution in [2.24, 2.45) is 0 Å². The standard InChI is InChI=1S/C16H17NO2/c1-11-4-2-3-5-12(11)9-17-15-10-19-16-8-13(18)6-7-14(15)16/h2-8,15,17-18H,9-10H2,1H3. The lowest BCUT2D eigenvalue weighted by atomic mass is 10.1. The summed E-state index contributed by atoms with van der Waals surface area (Å²) in [5, 5.41) is 12.9. The molecule has 1 aliphatic heterocycles. The number of aryl methyl sites for hydroxylation is 1. The Balaban J connectivity index is 1.72. The maximum atomic E-state index is 9.43. The van der Waals surface area contributed by atoms with E-state index in [-0.39, 0.29) is 11.8 Å². The molecule has 0 fully saturated rings. The van der Waals surface area contributed by atoms with E-state index in [4.69, 9.17) is 4.74 Å². The molecule has 0 saturated heterocycles. The minimum atomic E-state index is 0.190. The average Bonchev–Trinajstić information content (AvgIpc) is 2.80. The van der Waals surface area contributed by atoms with E-state index in [0.29, 0.717) is 6.61 Å². The molecule has 0 saturated carbocycles. The van der Waals surface area contributed by atoms with Crippen molar-refractivity contribution < 1.29 is 9.84 Å². The van der Waals surface area contributed by atoms with E-state index in [1.54, 1.807) is 12.1 Å². The van der Waals surface area contributed by atoms with Gasteiger partial charge in [-0.3, -0.25) is 0 Å². The highest BCUT2D eigenvalue weighted by atomic mass is 16.5. The van der Waals surface area contributed by atoms with Gasteiger partial charge in [0.15, 0.2) is 0 Å². The zero-order valence-corrected chi connectivity index (χ0v) is 10.9. The van der Waals surface area contributed by atoms with Crippen LogP contribution in [0.5, 0.6) is 11.5 Å². The highest BCUT2D eigenvalue weighted by molar-refractivity contribution is 5.44. The summed E-state index contributed by atoms with van der Waals surface area (Å²) in [7, 11) is 0. The normalized spacial score (nSPS) is 17.0. The summed E-state index contributed by atoms with van der Waals surface area (Å²) in [6.45, 7) is 3.56. The Morgan fingerprint density at radius 3 is 2.95 bits per heavy atom. The number of hydrogen-bond acceptors (Lipinski definition) is 3. The largest absolute Gasteiger partial charge is 0.508 e. The molecule has 3 rings (SSSR count). The fraction of sp³-hybridized carbons (Fsp3) is 0.250. The Hall–Kier alpha value is -2.00. The lowest BCUT2D eigenvalue weighted by Crippen LogP contribution is -2.22. The van der Waals surface area contributed by atoms with Crippen molar-refractivity contribution in [2.75, 3.05) is 6.61 Å². The molecule has 98 valence electrons. The quantitative estimate of drug-likeness (QED) is 0.886. The van der Waals surface area contributed by atoms with Crippen LogP contribution in [0.4, 0.5) is 0 Å². The van der Waals surface area contributed by atoms with Crippen LogP contribution in [0.3, 0.4) is 0 Å². The maximum Gasteiger partial charge on any atom is 0.127 e. The summed E-state index contributed by atoms with van der Waals surface area (Å²) < 4.78 is 5.59. The fourth-order valence-corrected chi connectivity index (χ4v) is 2.41. The number of rotatable bonds is 3. The molecule has 2 aromatic carbocycles. The molecule has 2 N–H and O–H groups in total. The molecule has 0 aliphatic carbocycles. The van der Waals surface area contributed by atoms with Crippen molar-refractivity contribution in [3.05, 3.63) is 59.2 Å². The second-order valence-electron chi connectivity index (χ2n) is 4.89. The number of aromatic hydroxyl groups is 1. The van der Waals surface area contributed by atoms with Crippen molar-refractivity contribution in [3.8, 4) is 11.5 Å². The number of hydrogen-bond donors (Lipinski definition) is 2. The molecular formula is C16H17NO2. The van der Waals surface area contributed by atoms with E-state index in [1.807, 2.05) is 6.07 Å². The number of benzene rings is 2. The van der Waals surface area contributed by atoms with Crippen LogP contribution in [-0.2, 0) is 6.54 Å². The summed E-state index contributed by atoms with van der Waals surface area (Å²) in [5.74, 6) is 1.03. The van der Waals surface area contributed by atoms with Gasteiger partial charge in [-0.25, -0.2) is 0 Å². The van der Waals surface area contributed by atoms with Gasteiger partial charge in [-0.15, -0.1) is 0 Å². The van der Waals surface area contributed by atoms with Gasteiger partial charge in [0, 0.05) is 18.2 Å². The third-order valence-corrected chi connectivity index (χ3v) is 3.58. The Kier molecular flexibility index (Phi) is 3.13. The van der Waals surface area contributed by atoms with E-state index in [2.05, 4.69) is 36.5 Å².